The predicted molar refractivity (Wildman–Crippen MR) is 114 cm³/mol. The van der Waals surface area contributed by atoms with E-state index in [9.17, 15) is 12.8 Å². The molecule has 11 heteroatoms. The number of anilines is 4. The van der Waals surface area contributed by atoms with Gasteiger partial charge in [0.05, 0.1) is 10.9 Å². The highest BCUT2D eigenvalue weighted by Crippen LogP contribution is 2.22. The van der Waals surface area contributed by atoms with E-state index in [0.717, 1.165) is 17.8 Å². The van der Waals surface area contributed by atoms with Gasteiger partial charge in [0.1, 0.15) is 5.82 Å². The average Bonchev–Trinajstić information content (AvgIpc) is 2.69. The molecule has 0 aliphatic heterocycles. The molecule has 3 rings (SSSR count). The lowest BCUT2D eigenvalue weighted by molar-refractivity contribution is 0.599. The molecule has 0 saturated carbocycles. The van der Waals surface area contributed by atoms with Crippen molar-refractivity contribution in [3.63, 3.8) is 0 Å². The molecule has 158 valence electrons. The number of benzene rings is 2. The van der Waals surface area contributed by atoms with Crippen LogP contribution >= 0.6 is 0 Å². The fourth-order valence-corrected chi connectivity index (χ4v) is 3.63. The quantitative estimate of drug-likeness (QED) is 0.521. The molecule has 0 unspecified atom stereocenters. The normalized spacial score (nSPS) is 12.3. The average molecular weight is 431 g/mol. The molecule has 0 radical (unpaired) electrons. The minimum Gasteiger partial charge on any atom is -0.375 e. The first-order valence-electron chi connectivity index (χ1n) is 8.98. The van der Waals surface area contributed by atoms with E-state index in [-0.39, 0.29) is 16.9 Å². The monoisotopic (exact) mass is 431 g/mol. The molecule has 0 aliphatic rings. The zero-order valence-corrected chi connectivity index (χ0v) is 17.5. The Balaban J connectivity index is 1.71. The van der Waals surface area contributed by atoms with E-state index in [0.29, 0.717) is 17.5 Å². The topological polar surface area (TPSA) is 126 Å². The van der Waals surface area contributed by atoms with Crippen molar-refractivity contribution in [2.24, 2.45) is 0 Å². The third-order valence-electron chi connectivity index (χ3n) is 4.09. The summed E-state index contributed by atoms with van der Waals surface area (Å²) >= 11 is 0. The van der Waals surface area contributed by atoms with E-state index in [1.54, 1.807) is 29.2 Å². The van der Waals surface area contributed by atoms with Crippen LogP contribution in [0, 0.1) is 5.82 Å². The Morgan fingerprint density at radius 1 is 0.967 bits per heavy atom. The highest BCUT2D eigenvalue weighted by atomic mass is 32.2. The molecule has 2 aromatic carbocycles. The Morgan fingerprint density at radius 3 is 2.17 bits per heavy atom. The summed E-state index contributed by atoms with van der Waals surface area (Å²) in [5, 5.41) is 3.23. The van der Waals surface area contributed by atoms with E-state index in [4.69, 9.17) is 5.73 Å². The highest BCUT2D eigenvalue weighted by Gasteiger charge is 2.15. The highest BCUT2D eigenvalue weighted by molar-refractivity contribution is 7.92. The van der Waals surface area contributed by atoms with E-state index in [1.807, 2.05) is 21.0 Å². The molecule has 0 bridgehead atoms. The third kappa shape index (κ3) is 5.11. The second-order valence-electron chi connectivity index (χ2n) is 6.75. The van der Waals surface area contributed by atoms with E-state index in [2.05, 4.69) is 25.0 Å². The van der Waals surface area contributed by atoms with Gasteiger partial charge in [-0.15, -0.1) is 0 Å². The number of sulfonamides is 1. The van der Waals surface area contributed by atoms with Gasteiger partial charge in [0.25, 0.3) is 10.0 Å². The summed E-state index contributed by atoms with van der Waals surface area (Å²) in [6.07, 6.45) is 0. The van der Waals surface area contributed by atoms with E-state index < -0.39 is 15.8 Å². The van der Waals surface area contributed by atoms with Gasteiger partial charge < -0.3 is 16.0 Å². The third-order valence-corrected chi connectivity index (χ3v) is 5.49. The molecule has 0 amide bonds. The zero-order valence-electron chi connectivity index (χ0n) is 16.7. The predicted octanol–water partition coefficient (Wildman–Crippen LogP) is 2.63. The van der Waals surface area contributed by atoms with Crippen LogP contribution in [0.2, 0.25) is 0 Å². The van der Waals surface area contributed by atoms with Gasteiger partial charge in [-0.3, -0.25) is 4.72 Å². The molecule has 1 atom stereocenters. The number of halogens is 1. The van der Waals surface area contributed by atoms with Crippen molar-refractivity contribution in [1.29, 1.82) is 0 Å². The van der Waals surface area contributed by atoms with Gasteiger partial charge in [0.2, 0.25) is 11.9 Å². The second-order valence-corrected chi connectivity index (χ2v) is 8.43. The molecular formula is C19H22FN7O2S. The van der Waals surface area contributed by atoms with Crippen molar-refractivity contribution >= 4 is 33.3 Å². The zero-order chi connectivity index (χ0) is 21.9. The molecular weight excluding hydrogens is 409 g/mol. The van der Waals surface area contributed by atoms with Gasteiger partial charge in [-0.05, 0) is 55.5 Å². The first-order valence-corrected chi connectivity index (χ1v) is 10.5. The minimum absolute atomic E-state index is 0.0242. The fourth-order valence-electron chi connectivity index (χ4n) is 2.57. The van der Waals surface area contributed by atoms with E-state index >= 15 is 0 Å². The maximum Gasteiger partial charge on any atom is 0.261 e. The Kier molecular flexibility index (Phi) is 6.01. The van der Waals surface area contributed by atoms with Crippen LogP contribution in [0.15, 0.2) is 53.4 Å². The van der Waals surface area contributed by atoms with Crippen LogP contribution < -0.4 is 20.7 Å². The maximum atomic E-state index is 13.0. The smallest absolute Gasteiger partial charge is 0.261 e. The van der Waals surface area contributed by atoms with Gasteiger partial charge >= 0.3 is 0 Å². The standard InChI is InChI=1S/C19H22FN7O2S/c1-12(17-23-18(21)25-19(24-17)27(2)3)22-14-6-8-15(9-7-14)26-30(28,29)16-10-4-13(20)5-11-16/h4-12,22,26H,1-3H3,(H2,21,23,24,25)/t12-/m0/s1. The van der Waals surface area contributed by atoms with Crippen molar-refractivity contribution in [2.45, 2.75) is 17.9 Å². The number of hydrogen-bond donors (Lipinski definition) is 3. The van der Waals surface area contributed by atoms with Crippen molar-refractivity contribution in [3.8, 4) is 0 Å². The van der Waals surface area contributed by atoms with Crippen molar-refractivity contribution in [3.05, 3.63) is 60.2 Å². The molecule has 3 aromatic rings. The van der Waals surface area contributed by atoms with Gasteiger partial charge in [0.15, 0.2) is 5.82 Å². The van der Waals surface area contributed by atoms with Gasteiger partial charge in [-0.25, -0.2) is 12.8 Å². The molecule has 4 N–H and O–H groups in total. The molecule has 0 spiro atoms. The number of aromatic nitrogens is 3. The van der Waals surface area contributed by atoms with Crippen LogP contribution in [0.4, 0.5) is 27.7 Å². The molecule has 0 saturated heterocycles. The Morgan fingerprint density at radius 2 is 1.57 bits per heavy atom. The minimum atomic E-state index is -3.81. The Labute approximate surface area is 174 Å². The maximum absolute atomic E-state index is 13.0. The van der Waals surface area contributed by atoms with Crippen LogP contribution in [0.25, 0.3) is 0 Å². The summed E-state index contributed by atoms with van der Waals surface area (Å²) in [5.41, 5.74) is 6.87. The second kappa shape index (κ2) is 8.49. The summed E-state index contributed by atoms with van der Waals surface area (Å²) in [7, 11) is -0.193. The Hall–Kier alpha value is -3.47. The van der Waals surface area contributed by atoms with Crippen LogP contribution in [-0.2, 0) is 10.0 Å². The fraction of sp³-hybridized carbons (Fsp3) is 0.211. The van der Waals surface area contributed by atoms with Crippen molar-refractivity contribution < 1.29 is 12.8 Å². The summed E-state index contributed by atoms with van der Waals surface area (Å²) < 4.78 is 40.3. The van der Waals surface area contributed by atoms with Crippen LogP contribution in [0.3, 0.4) is 0 Å². The summed E-state index contributed by atoms with van der Waals surface area (Å²) in [6.45, 7) is 1.87. The lowest BCUT2D eigenvalue weighted by Gasteiger charge is -2.17. The molecule has 1 aromatic heterocycles. The van der Waals surface area contributed by atoms with Crippen LogP contribution in [-0.4, -0.2) is 37.5 Å². The number of hydrogen-bond acceptors (Lipinski definition) is 8. The number of nitrogens with one attached hydrogen (secondary N) is 2. The lowest BCUT2D eigenvalue weighted by Crippen LogP contribution is -2.19. The first kappa shape index (κ1) is 21.2. The van der Waals surface area contributed by atoms with Crippen molar-refractivity contribution in [2.75, 3.05) is 34.8 Å². The van der Waals surface area contributed by atoms with Gasteiger partial charge in [0, 0.05) is 25.5 Å². The molecule has 30 heavy (non-hydrogen) atoms. The Bertz CT molecular complexity index is 1120. The van der Waals surface area contributed by atoms with Crippen molar-refractivity contribution in [1.82, 2.24) is 15.0 Å². The summed E-state index contributed by atoms with van der Waals surface area (Å²) in [4.78, 5) is 14.3. The molecule has 9 nitrogen and oxygen atoms in total. The largest absolute Gasteiger partial charge is 0.375 e. The SMILES string of the molecule is C[C@H](Nc1ccc(NS(=O)(=O)c2ccc(F)cc2)cc1)c1nc(N)nc(N(C)C)n1. The van der Waals surface area contributed by atoms with Crippen LogP contribution in [0.1, 0.15) is 18.8 Å². The molecule has 0 fully saturated rings. The molecule has 1 heterocycles. The first-order chi connectivity index (χ1) is 14.1. The number of nitrogens with two attached hydrogens (primary N) is 1. The van der Waals surface area contributed by atoms with Gasteiger partial charge in [-0.2, -0.15) is 15.0 Å². The van der Waals surface area contributed by atoms with Gasteiger partial charge in [-0.1, -0.05) is 0 Å². The molecule has 0 aliphatic carbocycles. The summed E-state index contributed by atoms with van der Waals surface area (Å²) in [6, 6.07) is 11.0. The summed E-state index contributed by atoms with van der Waals surface area (Å²) in [5.74, 6) is 0.558. The van der Waals surface area contributed by atoms with E-state index in [1.165, 1.54) is 12.1 Å². The van der Waals surface area contributed by atoms with Crippen LogP contribution in [0.5, 0.6) is 0 Å². The lowest BCUT2D eigenvalue weighted by atomic mass is 10.2. The number of rotatable bonds is 7. The number of nitrogens with zero attached hydrogens (tertiary/aromatic N) is 4. The number of nitrogen functional groups attached to an aromatic ring is 1.